The fourth-order valence-corrected chi connectivity index (χ4v) is 3.11. The van der Waals surface area contributed by atoms with Crippen molar-refractivity contribution in [1.29, 1.82) is 0 Å². The molecular weight excluding hydrogens is 316 g/mol. The molecule has 0 aromatic heterocycles. The standard InChI is InChI=1S/C19H22N4O2/c1-14(2)13-22-11-3-4-15-12-17(7-10-19(15)22)21-20-16-5-8-18(9-6-16)23(24)25/h5-10,12,14H,3-4,11,13H2,1-2H3. The van der Waals surface area contributed by atoms with Crippen LogP contribution in [0.1, 0.15) is 25.8 Å². The summed E-state index contributed by atoms with van der Waals surface area (Å²) in [7, 11) is 0. The van der Waals surface area contributed by atoms with Gasteiger partial charge in [-0.2, -0.15) is 10.2 Å². The zero-order chi connectivity index (χ0) is 17.8. The third-order valence-electron chi connectivity index (χ3n) is 4.20. The SMILES string of the molecule is CC(C)CN1CCCc2cc(N=Nc3ccc([N+](=O)[O-])cc3)ccc21. The summed E-state index contributed by atoms with van der Waals surface area (Å²) in [5.74, 6) is 0.632. The molecule has 6 nitrogen and oxygen atoms in total. The average molecular weight is 338 g/mol. The van der Waals surface area contributed by atoms with E-state index in [9.17, 15) is 10.1 Å². The lowest BCUT2D eigenvalue weighted by Crippen LogP contribution is -2.32. The van der Waals surface area contributed by atoms with Crippen molar-refractivity contribution in [3.63, 3.8) is 0 Å². The fourth-order valence-electron chi connectivity index (χ4n) is 3.11. The first-order valence-corrected chi connectivity index (χ1v) is 8.57. The van der Waals surface area contributed by atoms with Crippen LogP contribution in [-0.4, -0.2) is 18.0 Å². The van der Waals surface area contributed by atoms with Crippen LogP contribution >= 0.6 is 0 Å². The summed E-state index contributed by atoms with van der Waals surface area (Å²) in [6.45, 7) is 6.65. The molecule has 130 valence electrons. The minimum absolute atomic E-state index is 0.0537. The third kappa shape index (κ3) is 4.21. The van der Waals surface area contributed by atoms with Crippen molar-refractivity contribution in [3.05, 3.63) is 58.1 Å². The number of benzene rings is 2. The number of rotatable bonds is 5. The molecule has 0 atom stereocenters. The Labute approximate surface area is 147 Å². The second-order valence-electron chi connectivity index (χ2n) is 6.73. The van der Waals surface area contributed by atoms with Gasteiger partial charge in [-0.1, -0.05) is 13.8 Å². The average Bonchev–Trinajstić information content (AvgIpc) is 2.60. The number of anilines is 1. The second kappa shape index (κ2) is 7.42. The topological polar surface area (TPSA) is 71.1 Å². The molecule has 2 aromatic carbocycles. The van der Waals surface area contributed by atoms with Crippen LogP contribution in [0.5, 0.6) is 0 Å². The maximum absolute atomic E-state index is 10.7. The Hall–Kier alpha value is -2.76. The molecule has 0 aliphatic carbocycles. The van der Waals surface area contributed by atoms with Gasteiger partial charge < -0.3 is 4.90 Å². The van der Waals surface area contributed by atoms with Gasteiger partial charge in [0.25, 0.3) is 5.69 Å². The Kier molecular flexibility index (Phi) is 5.07. The highest BCUT2D eigenvalue weighted by molar-refractivity contribution is 5.61. The quantitative estimate of drug-likeness (QED) is 0.415. The second-order valence-corrected chi connectivity index (χ2v) is 6.73. The highest BCUT2D eigenvalue weighted by Crippen LogP contribution is 2.32. The van der Waals surface area contributed by atoms with Gasteiger partial charge in [0, 0.05) is 30.9 Å². The van der Waals surface area contributed by atoms with E-state index in [1.807, 2.05) is 6.07 Å². The molecule has 25 heavy (non-hydrogen) atoms. The number of non-ortho nitro benzene ring substituents is 1. The maximum atomic E-state index is 10.7. The van der Waals surface area contributed by atoms with E-state index < -0.39 is 4.92 Å². The molecule has 0 saturated heterocycles. The summed E-state index contributed by atoms with van der Waals surface area (Å²) in [6, 6.07) is 12.3. The van der Waals surface area contributed by atoms with Crippen LogP contribution in [-0.2, 0) is 6.42 Å². The van der Waals surface area contributed by atoms with Crippen LogP contribution < -0.4 is 4.90 Å². The molecule has 0 saturated carbocycles. The number of nitro benzene ring substituents is 1. The number of hydrogen-bond acceptors (Lipinski definition) is 5. The molecule has 1 aliphatic rings. The minimum atomic E-state index is -0.423. The Bertz CT molecular complexity index is 785. The van der Waals surface area contributed by atoms with Crippen molar-refractivity contribution in [2.75, 3.05) is 18.0 Å². The van der Waals surface area contributed by atoms with E-state index in [2.05, 4.69) is 41.1 Å². The third-order valence-corrected chi connectivity index (χ3v) is 4.20. The van der Waals surface area contributed by atoms with Gasteiger partial charge in [0.15, 0.2) is 0 Å². The number of aryl methyl sites for hydroxylation is 1. The van der Waals surface area contributed by atoms with Crippen molar-refractivity contribution < 1.29 is 4.92 Å². The van der Waals surface area contributed by atoms with E-state index in [-0.39, 0.29) is 5.69 Å². The number of nitrogens with zero attached hydrogens (tertiary/aromatic N) is 4. The van der Waals surface area contributed by atoms with Gasteiger partial charge in [-0.3, -0.25) is 10.1 Å². The largest absolute Gasteiger partial charge is 0.371 e. The summed E-state index contributed by atoms with van der Waals surface area (Å²) in [5.41, 5.74) is 4.08. The zero-order valence-corrected chi connectivity index (χ0v) is 14.6. The fraction of sp³-hybridized carbons (Fsp3) is 0.368. The Morgan fingerprint density at radius 1 is 1.12 bits per heavy atom. The maximum Gasteiger partial charge on any atom is 0.269 e. The van der Waals surface area contributed by atoms with Crippen LogP contribution in [0.25, 0.3) is 0 Å². The van der Waals surface area contributed by atoms with E-state index in [1.54, 1.807) is 12.1 Å². The lowest BCUT2D eigenvalue weighted by Gasteiger charge is -2.32. The van der Waals surface area contributed by atoms with Gasteiger partial charge in [-0.05, 0) is 54.7 Å². The lowest BCUT2D eigenvalue weighted by molar-refractivity contribution is -0.384. The Morgan fingerprint density at radius 2 is 1.80 bits per heavy atom. The van der Waals surface area contributed by atoms with Crippen molar-refractivity contribution in [2.45, 2.75) is 26.7 Å². The van der Waals surface area contributed by atoms with Gasteiger partial charge in [0.2, 0.25) is 0 Å². The van der Waals surface area contributed by atoms with E-state index in [1.165, 1.54) is 23.4 Å². The smallest absolute Gasteiger partial charge is 0.269 e. The summed E-state index contributed by atoms with van der Waals surface area (Å²) in [5, 5.41) is 19.1. The van der Waals surface area contributed by atoms with Gasteiger partial charge >= 0.3 is 0 Å². The summed E-state index contributed by atoms with van der Waals surface area (Å²) in [4.78, 5) is 12.7. The van der Waals surface area contributed by atoms with Crippen LogP contribution in [0.2, 0.25) is 0 Å². The summed E-state index contributed by atoms with van der Waals surface area (Å²) in [6.07, 6.45) is 2.22. The van der Waals surface area contributed by atoms with Crippen molar-refractivity contribution in [1.82, 2.24) is 0 Å². The molecule has 0 amide bonds. The molecule has 2 aromatic rings. The number of azo groups is 1. The lowest BCUT2D eigenvalue weighted by atomic mass is 10.00. The van der Waals surface area contributed by atoms with Gasteiger partial charge in [-0.25, -0.2) is 0 Å². The highest BCUT2D eigenvalue weighted by atomic mass is 16.6. The molecule has 3 rings (SSSR count). The molecule has 1 aliphatic heterocycles. The first kappa shape index (κ1) is 17.1. The van der Waals surface area contributed by atoms with E-state index >= 15 is 0 Å². The highest BCUT2D eigenvalue weighted by Gasteiger charge is 2.17. The number of hydrogen-bond donors (Lipinski definition) is 0. The monoisotopic (exact) mass is 338 g/mol. The van der Waals surface area contributed by atoms with Crippen molar-refractivity contribution in [3.8, 4) is 0 Å². The summed E-state index contributed by atoms with van der Waals surface area (Å²) >= 11 is 0. The first-order chi connectivity index (χ1) is 12.0. The van der Waals surface area contributed by atoms with Gasteiger partial charge in [0.1, 0.15) is 0 Å². The minimum Gasteiger partial charge on any atom is -0.371 e. The van der Waals surface area contributed by atoms with Crippen LogP contribution in [0.4, 0.5) is 22.7 Å². The predicted molar refractivity (Wildman–Crippen MR) is 99.1 cm³/mol. The molecular formula is C19H22N4O2. The molecule has 0 N–H and O–H groups in total. The number of nitro groups is 1. The van der Waals surface area contributed by atoms with Crippen LogP contribution in [0.15, 0.2) is 52.7 Å². The Balaban J connectivity index is 1.76. The van der Waals surface area contributed by atoms with E-state index in [4.69, 9.17) is 0 Å². The molecule has 0 spiro atoms. The first-order valence-electron chi connectivity index (χ1n) is 8.57. The molecule has 0 radical (unpaired) electrons. The van der Waals surface area contributed by atoms with Crippen molar-refractivity contribution in [2.24, 2.45) is 16.1 Å². The molecule has 0 fully saturated rings. The van der Waals surface area contributed by atoms with Gasteiger partial charge in [0.05, 0.1) is 16.3 Å². The predicted octanol–water partition coefficient (Wildman–Crippen LogP) is 5.42. The van der Waals surface area contributed by atoms with Crippen LogP contribution in [0, 0.1) is 16.0 Å². The van der Waals surface area contributed by atoms with Gasteiger partial charge in [-0.15, -0.1) is 0 Å². The molecule has 1 heterocycles. The van der Waals surface area contributed by atoms with E-state index in [0.29, 0.717) is 11.6 Å². The molecule has 0 bridgehead atoms. The van der Waals surface area contributed by atoms with Crippen LogP contribution in [0.3, 0.4) is 0 Å². The Morgan fingerprint density at radius 3 is 2.48 bits per heavy atom. The molecule has 6 heteroatoms. The summed E-state index contributed by atoms with van der Waals surface area (Å²) < 4.78 is 0. The molecule has 0 unspecified atom stereocenters. The van der Waals surface area contributed by atoms with E-state index in [0.717, 1.165) is 31.6 Å². The van der Waals surface area contributed by atoms with Crippen molar-refractivity contribution >= 4 is 22.7 Å². The zero-order valence-electron chi connectivity index (χ0n) is 14.6. The normalized spacial score (nSPS) is 14.1. The number of fused-ring (bicyclic) bond motifs is 1.